The molecule has 0 aromatic carbocycles. The summed E-state index contributed by atoms with van der Waals surface area (Å²) < 4.78 is 0. The van der Waals surface area contributed by atoms with Crippen LogP contribution in [0.5, 0.6) is 0 Å². The first-order valence-corrected chi connectivity index (χ1v) is 7.33. The Morgan fingerprint density at radius 3 is 2.72 bits per heavy atom. The van der Waals surface area contributed by atoms with Gasteiger partial charge >= 0.3 is 0 Å². The van der Waals surface area contributed by atoms with Crippen LogP contribution in [0.3, 0.4) is 0 Å². The average molecular weight is 247 g/mol. The predicted molar refractivity (Wildman–Crippen MR) is 74.8 cm³/mol. The molecular formula is C15H25N3. The summed E-state index contributed by atoms with van der Waals surface area (Å²) in [6.07, 6.45) is 7.77. The number of nitrogens with zero attached hydrogens (tertiary/aromatic N) is 2. The van der Waals surface area contributed by atoms with Gasteiger partial charge in [-0.15, -0.1) is 0 Å². The van der Waals surface area contributed by atoms with Gasteiger partial charge in [0.05, 0.1) is 5.69 Å². The molecule has 0 bridgehead atoms. The van der Waals surface area contributed by atoms with Crippen LogP contribution >= 0.6 is 0 Å². The van der Waals surface area contributed by atoms with Gasteiger partial charge in [-0.05, 0) is 44.2 Å². The SMILES string of the molecule is CCNC(CC)C(C)c1ncnc2c1CCCC2. The second kappa shape index (κ2) is 6.28. The molecule has 3 nitrogen and oxygen atoms in total. The first kappa shape index (κ1) is 13.5. The van der Waals surface area contributed by atoms with Crippen molar-refractivity contribution < 1.29 is 0 Å². The monoisotopic (exact) mass is 247 g/mol. The lowest BCUT2D eigenvalue weighted by Crippen LogP contribution is -2.34. The first-order chi connectivity index (χ1) is 8.77. The van der Waals surface area contributed by atoms with E-state index in [1.54, 1.807) is 6.33 Å². The van der Waals surface area contributed by atoms with E-state index in [-0.39, 0.29) is 0 Å². The molecule has 1 N–H and O–H groups in total. The van der Waals surface area contributed by atoms with Crippen molar-refractivity contribution in [3.05, 3.63) is 23.3 Å². The number of rotatable bonds is 5. The Labute approximate surface area is 110 Å². The van der Waals surface area contributed by atoms with E-state index in [4.69, 9.17) is 0 Å². The Morgan fingerprint density at radius 2 is 2.00 bits per heavy atom. The Bertz CT molecular complexity index is 389. The first-order valence-electron chi connectivity index (χ1n) is 7.33. The molecule has 2 unspecified atom stereocenters. The molecule has 0 fully saturated rings. The van der Waals surface area contributed by atoms with E-state index in [0.717, 1.165) is 19.4 Å². The van der Waals surface area contributed by atoms with Crippen LogP contribution in [-0.4, -0.2) is 22.6 Å². The molecule has 2 atom stereocenters. The van der Waals surface area contributed by atoms with Gasteiger partial charge in [-0.3, -0.25) is 0 Å². The van der Waals surface area contributed by atoms with Gasteiger partial charge in [0, 0.05) is 17.7 Å². The van der Waals surface area contributed by atoms with E-state index in [1.807, 2.05) is 0 Å². The van der Waals surface area contributed by atoms with Gasteiger partial charge in [-0.25, -0.2) is 9.97 Å². The number of hydrogen-bond acceptors (Lipinski definition) is 3. The van der Waals surface area contributed by atoms with Gasteiger partial charge < -0.3 is 5.32 Å². The molecule has 3 heteroatoms. The molecule has 1 aromatic heterocycles. The third-order valence-corrected chi connectivity index (χ3v) is 4.10. The molecule has 0 radical (unpaired) electrons. The fourth-order valence-corrected chi connectivity index (χ4v) is 3.07. The van der Waals surface area contributed by atoms with Crippen molar-refractivity contribution in [3.63, 3.8) is 0 Å². The van der Waals surface area contributed by atoms with Crippen molar-refractivity contribution in [1.29, 1.82) is 0 Å². The summed E-state index contributed by atoms with van der Waals surface area (Å²) in [5, 5.41) is 3.58. The molecule has 18 heavy (non-hydrogen) atoms. The molecule has 0 saturated heterocycles. The molecule has 1 heterocycles. The fraction of sp³-hybridized carbons (Fsp3) is 0.733. The van der Waals surface area contributed by atoms with E-state index in [2.05, 4.69) is 36.1 Å². The van der Waals surface area contributed by atoms with Crippen molar-refractivity contribution in [2.45, 2.75) is 64.8 Å². The maximum absolute atomic E-state index is 4.59. The third kappa shape index (κ3) is 2.72. The maximum atomic E-state index is 4.59. The standard InChI is InChI=1S/C15H25N3/c1-4-13(16-5-2)11(3)15-12-8-6-7-9-14(12)17-10-18-15/h10-11,13,16H,4-9H2,1-3H3. The van der Waals surface area contributed by atoms with Crippen molar-refractivity contribution in [2.75, 3.05) is 6.54 Å². The second-order valence-corrected chi connectivity index (χ2v) is 5.25. The van der Waals surface area contributed by atoms with Crippen LogP contribution in [0, 0.1) is 0 Å². The largest absolute Gasteiger partial charge is 0.314 e. The zero-order valence-corrected chi connectivity index (χ0v) is 11.9. The van der Waals surface area contributed by atoms with Gasteiger partial charge in [0.25, 0.3) is 0 Å². The number of aryl methyl sites for hydroxylation is 1. The third-order valence-electron chi connectivity index (χ3n) is 4.10. The van der Waals surface area contributed by atoms with Gasteiger partial charge in [-0.1, -0.05) is 20.8 Å². The molecule has 0 spiro atoms. The molecular weight excluding hydrogens is 222 g/mol. The highest BCUT2D eigenvalue weighted by atomic mass is 14.9. The number of likely N-dealkylation sites (N-methyl/N-ethyl adjacent to an activating group) is 1. The lowest BCUT2D eigenvalue weighted by molar-refractivity contribution is 0.437. The fourth-order valence-electron chi connectivity index (χ4n) is 3.07. The van der Waals surface area contributed by atoms with Crippen molar-refractivity contribution >= 4 is 0 Å². The summed E-state index contributed by atoms with van der Waals surface area (Å²) in [4.78, 5) is 9.05. The molecule has 2 rings (SSSR count). The lowest BCUT2D eigenvalue weighted by Gasteiger charge is -2.27. The molecule has 0 amide bonds. The van der Waals surface area contributed by atoms with E-state index >= 15 is 0 Å². The quantitative estimate of drug-likeness (QED) is 0.869. The van der Waals surface area contributed by atoms with Gasteiger partial charge in [-0.2, -0.15) is 0 Å². The highest BCUT2D eigenvalue weighted by molar-refractivity contribution is 5.30. The molecule has 1 aliphatic rings. The lowest BCUT2D eigenvalue weighted by atomic mass is 9.87. The van der Waals surface area contributed by atoms with Crippen molar-refractivity contribution in [1.82, 2.24) is 15.3 Å². The minimum absolute atomic E-state index is 0.477. The summed E-state index contributed by atoms with van der Waals surface area (Å²) in [5.41, 5.74) is 4.02. The molecule has 1 aliphatic carbocycles. The maximum Gasteiger partial charge on any atom is 0.115 e. The zero-order chi connectivity index (χ0) is 13.0. The summed E-state index contributed by atoms with van der Waals surface area (Å²) in [6.45, 7) is 7.74. The highest BCUT2D eigenvalue weighted by Crippen LogP contribution is 2.28. The highest BCUT2D eigenvalue weighted by Gasteiger charge is 2.23. The number of fused-ring (bicyclic) bond motifs is 1. The summed E-state index contributed by atoms with van der Waals surface area (Å²) in [6, 6.07) is 0.524. The van der Waals surface area contributed by atoms with Crippen molar-refractivity contribution in [3.8, 4) is 0 Å². The topological polar surface area (TPSA) is 37.8 Å². The Hall–Kier alpha value is -0.960. The second-order valence-electron chi connectivity index (χ2n) is 5.25. The number of nitrogens with one attached hydrogen (secondary N) is 1. The van der Waals surface area contributed by atoms with E-state index in [1.165, 1.54) is 36.2 Å². The Kier molecular flexibility index (Phi) is 4.70. The predicted octanol–water partition coefficient (Wildman–Crippen LogP) is 2.85. The molecule has 100 valence electrons. The Morgan fingerprint density at radius 1 is 1.22 bits per heavy atom. The summed E-state index contributed by atoms with van der Waals surface area (Å²) in [5.74, 6) is 0.477. The van der Waals surface area contributed by atoms with E-state index < -0.39 is 0 Å². The molecule has 0 saturated carbocycles. The van der Waals surface area contributed by atoms with Crippen LogP contribution < -0.4 is 5.32 Å². The van der Waals surface area contributed by atoms with Gasteiger partial charge in [0.1, 0.15) is 6.33 Å². The van der Waals surface area contributed by atoms with Crippen molar-refractivity contribution in [2.24, 2.45) is 0 Å². The van der Waals surface area contributed by atoms with Crippen LogP contribution in [0.1, 0.15) is 62.9 Å². The van der Waals surface area contributed by atoms with Gasteiger partial charge in [0.2, 0.25) is 0 Å². The Balaban J connectivity index is 2.26. The van der Waals surface area contributed by atoms with Crippen LogP contribution in [0.15, 0.2) is 6.33 Å². The zero-order valence-electron chi connectivity index (χ0n) is 11.9. The van der Waals surface area contributed by atoms with Crippen LogP contribution in [0.2, 0.25) is 0 Å². The normalized spacial score (nSPS) is 18.2. The molecule has 0 aliphatic heterocycles. The van der Waals surface area contributed by atoms with Crippen LogP contribution in [-0.2, 0) is 12.8 Å². The molecule has 1 aromatic rings. The minimum Gasteiger partial charge on any atom is -0.314 e. The summed E-state index contributed by atoms with van der Waals surface area (Å²) >= 11 is 0. The van der Waals surface area contributed by atoms with Crippen LogP contribution in [0.25, 0.3) is 0 Å². The number of hydrogen-bond donors (Lipinski definition) is 1. The minimum atomic E-state index is 0.477. The van der Waals surface area contributed by atoms with E-state index in [9.17, 15) is 0 Å². The summed E-state index contributed by atoms with van der Waals surface area (Å²) in [7, 11) is 0. The van der Waals surface area contributed by atoms with E-state index in [0.29, 0.717) is 12.0 Å². The van der Waals surface area contributed by atoms with Crippen LogP contribution in [0.4, 0.5) is 0 Å². The smallest absolute Gasteiger partial charge is 0.115 e. The average Bonchev–Trinajstić information content (AvgIpc) is 2.43. The van der Waals surface area contributed by atoms with Gasteiger partial charge in [0.15, 0.2) is 0 Å². The number of aromatic nitrogens is 2.